The first kappa shape index (κ1) is 14.4. The molecule has 0 saturated heterocycles. The Morgan fingerprint density at radius 3 is 2.95 bits per heavy atom. The molecule has 2 amide bonds. The van der Waals surface area contributed by atoms with E-state index in [1.165, 1.54) is 6.08 Å². The molecule has 1 aromatic carbocycles. The fraction of sp³-hybridized carbons (Fsp3) is 0.0714. The van der Waals surface area contributed by atoms with Crippen LogP contribution in [0.15, 0.2) is 48.4 Å². The molecule has 0 unspecified atom stereocenters. The molecule has 19 heavy (non-hydrogen) atoms. The number of benzene rings is 1. The Morgan fingerprint density at radius 1 is 1.58 bits per heavy atom. The smallest absolute Gasteiger partial charge is 0.323 e. The maximum atomic E-state index is 11.7. The van der Waals surface area contributed by atoms with Gasteiger partial charge >= 0.3 is 6.03 Å². The molecule has 0 aliphatic carbocycles. The van der Waals surface area contributed by atoms with Crippen molar-refractivity contribution in [2.24, 2.45) is 5.90 Å². The third kappa shape index (κ3) is 4.98. The number of hydrogen-bond acceptors (Lipinski definition) is 3. The Bertz CT molecular complexity index is 556. The number of amides is 2. The Morgan fingerprint density at radius 2 is 2.32 bits per heavy atom. The summed E-state index contributed by atoms with van der Waals surface area (Å²) in [6.45, 7) is 5.28. The van der Waals surface area contributed by atoms with Gasteiger partial charge in [-0.05, 0) is 25.1 Å². The predicted molar refractivity (Wildman–Crippen MR) is 74.7 cm³/mol. The summed E-state index contributed by atoms with van der Waals surface area (Å²) in [4.78, 5) is 16.1. The third-order valence-corrected chi connectivity index (χ3v) is 2.12. The van der Waals surface area contributed by atoms with Gasteiger partial charge in [0, 0.05) is 23.0 Å². The van der Waals surface area contributed by atoms with Crippen LogP contribution in [0.4, 0.5) is 10.5 Å². The molecule has 0 aliphatic heterocycles. The number of anilines is 1. The molecule has 0 saturated carbocycles. The van der Waals surface area contributed by atoms with Crippen molar-refractivity contribution in [3.05, 3.63) is 53.9 Å². The topological polar surface area (TPSA) is 76.4 Å². The summed E-state index contributed by atoms with van der Waals surface area (Å²) in [6.07, 6.45) is 6.77. The molecule has 0 atom stereocenters. The van der Waals surface area contributed by atoms with Gasteiger partial charge in [0.15, 0.2) is 0 Å². The van der Waals surface area contributed by atoms with Crippen LogP contribution in [0, 0.1) is 12.3 Å². The van der Waals surface area contributed by atoms with E-state index in [-0.39, 0.29) is 0 Å². The van der Waals surface area contributed by atoms with E-state index in [4.69, 9.17) is 12.3 Å². The fourth-order valence-corrected chi connectivity index (χ4v) is 1.31. The first-order valence-electron chi connectivity index (χ1n) is 5.43. The summed E-state index contributed by atoms with van der Waals surface area (Å²) >= 11 is 0. The molecular formula is C14H15N3O2. The maximum absolute atomic E-state index is 11.7. The average molecular weight is 257 g/mol. The summed E-state index contributed by atoms with van der Waals surface area (Å²) in [7, 11) is 0. The van der Waals surface area contributed by atoms with Crippen molar-refractivity contribution in [1.82, 2.24) is 5.32 Å². The van der Waals surface area contributed by atoms with Gasteiger partial charge < -0.3 is 15.5 Å². The molecule has 1 aromatic rings. The number of urea groups is 1. The summed E-state index contributed by atoms with van der Waals surface area (Å²) in [5.74, 6) is 7.87. The van der Waals surface area contributed by atoms with E-state index in [9.17, 15) is 4.79 Å². The van der Waals surface area contributed by atoms with Gasteiger partial charge in [-0.15, -0.1) is 6.42 Å². The normalized spacial score (nSPS) is 10.3. The minimum atomic E-state index is -0.430. The number of carbonyl (C=O) groups is 1. The van der Waals surface area contributed by atoms with E-state index in [1.54, 1.807) is 31.2 Å². The Balaban J connectivity index is 2.61. The highest BCUT2D eigenvalue weighted by molar-refractivity contribution is 5.90. The fourth-order valence-electron chi connectivity index (χ4n) is 1.31. The standard InChI is InChI=1S/C14H15N3O2/c1-4-12-6-5-7-13(9-12)17-14(18)16-10(2)8-11(3)19-15/h1,5-9H,2,15H2,3H3,(H2,16,17,18)/b11-8-. The van der Waals surface area contributed by atoms with Crippen LogP contribution in [-0.4, -0.2) is 6.03 Å². The van der Waals surface area contributed by atoms with E-state index in [0.717, 1.165) is 0 Å². The first-order chi connectivity index (χ1) is 9.05. The van der Waals surface area contributed by atoms with Crippen molar-refractivity contribution < 1.29 is 9.63 Å². The summed E-state index contributed by atoms with van der Waals surface area (Å²) < 4.78 is 0. The van der Waals surface area contributed by atoms with E-state index < -0.39 is 6.03 Å². The molecule has 0 heterocycles. The molecule has 0 aliphatic rings. The van der Waals surface area contributed by atoms with Crippen LogP contribution in [0.5, 0.6) is 0 Å². The van der Waals surface area contributed by atoms with Crippen LogP contribution in [0.25, 0.3) is 0 Å². The highest BCUT2D eigenvalue weighted by Gasteiger charge is 2.03. The van der Waals surface area contributed by atoms with Crippen LogP contribution in [0.1, 0.15) is 12.5 Å². The molecule has 5 nitrogen and oxygen atoms in total. The molecule has 98 valence electrons. The number of nitrogens with two attached hydrogens (primary N) is 1. The van der Waals surface area contributed by atoms with Crippen molar-refractivity contribution in [2.75, 3.05) is 5.32 Å². The lowest BCUT2D eigenvalue weighted by atomic mass is 10.2. The zero-order chi connectivity index (χ0) is 14.3. The van der Waals surface area contributed by atoms with Gasteiger partial charge in [0.05, 0.1) is 0 Å². The van der Waals surface area contributed by atoms with Crippen LogP contribution in [0.2, 0.25) is 0 Å². The quantitative estimate of drug-likeness (QED) is 0.334. The Kier molecular flexibility index (Phi) is 5.20. The lowest BCUT2D eigenvalue weighted by Gasteiger charge is -2.08. The number of rotatable bonds is 4. The van der Waals surface area contributed by atoms with Gasteiger partial charge in [0.1, 0.15) is 5.76 Å². The second kappa shape index (κ2) is 6.89. The minimum Gasteiger partial charge on any atom is -0.416 e. The van der Waals surface area contributed by atoms with Crippen molar-refractivity contribution in [2.45, 2.75) is 6.92 Å². The molecular weight excluding hydrogens is 242 g/mol. The maximum Gasteiger partial charge on any atom is 0.323 e. The zero-order valence-corrected chi connectivity index (χ0v) is 10.6. The molecule has 0 radical (unpaired) electrons. The highest BCUT2D eigenvalue weighted by Crippen LogP contribution is 2.09. The predicted octanol–water partition coefficient (Wildman–Crippen LogP) is 2.10. The molecule has 5 heteroatoms. The van der Waals surface area contributed by atoms with Crippen LogP contribution in [-0.2, 0) is 4.84 Å². The molecule has 0 aromatic heterocycles. The largest absolute Gasteiger partial charge is 0.416 e. The van der Waals surface area contributed by atoms with Crippen molar-refractivity contribution in [1.29, 1.82) is 0 Å². The zero-order valence-electron chi connectivity index (χ0n) is 10.6. The number of nitrogens with one attached hydrogen (secondary N) is 2. The number of hydrogen-bond donors (Lipinski definition) is 3. The lowest BCUT2D eigenvalue weighted by Crippen LogP contribution is -2.27. The second-order valence-corrected chi connectivity index (χ2v) is 3.70. The molecule has 4 N–H and O–H groups in total. The van der Waals surface area contributed by atoms with E-state index in [2.05, 4.69) is 28.0 Å². The van der Waals surface area contributed by atoms with Crippen molar-refractivity contribution in [3.8, 4) is 12.3 Å². The van der Waals surface area contributed by atoms with E-state index >= 15 is 0 Å². The van der Waals surface area contributed by atoms with Gasteiger partial charge in [-0.1, -0.05) is 18.6 Å². The lowest BCUT2D eigenvalue weighted by molar-refractivity contribution is 0.222. The molecule has 0 fully saturated rings. The van der Waals surface area contributed by atoms with Crippen molar-refractivity contribution >= 4 is 11.7 Å². The Hall–Kier alpha value is -2.71. The summed E-state index contributed by atoms with van der Waals surface area (Å²) in [5.41, 5.74) is 1.63. The first-order valence-corrected chi connectivity index (χ1v) is 5.43. The SMILES string of the molecule is C#Cc1cccc(NC(=O)NC(=C)/C=C(/C)ON)c1. The van der Waals surface area contributed by atoms with Crippen LogP contribution in [0.3, 0.4) is 0 Å². The van der Waals surface area contributed by atoms with Crippen LogP contribution >= 0.6 is 0 Å². The molecule has 0 bridgehead atoms. The van der Waals surface area contributed by atoms with Crippen molar-refractivity contribution in [3.63, 3.8) is 0 Å². The number of carbonyl (C=O) groups excluding carboxylic acids is 1. The summed E-state index contributed by atoms with van der Waals surface area (Å²) in [6, 6.07) is 6.51. The van der Waals surface area contributed by atoms with Gasteiger partial charge in [0.25, 0.3) is 0 Å². The number of allylic oxidation sites excluding steroid dienone is 2. The van der Waals surface area contributed by atoms with Gasteiger partial charge in [-0.3, -0.25) is 0 Å². The van der Waals surface area contributed by atoms with Gasteiger partial charge in [-0.2, -0.15) is 5.90 Å². The monoisotopic (exact) mass is 257 g/mol. The van der Waals surface area contributed by atoms with Crippen LogP contribution < -0.4 is 16.5 Å². The average Bonchev–Trinajstić information content (AvgIpc) is 2.38. The summed E-state index contributed by atoms with van der Waals surface area (Å²) in [5, 5.41) is 5.15. The number of terminal acetylenes is 1. The highest BCUT2D eigenvalue weighted by atomic mass is 16.6. The van der Waals surface area contributed by atoms with Gasteiger partial charge in [-0.25, -0.2) is 4.79 Å². The van der Waals surface area contributed by atoms with Gasteiger partial charge in [0.2, 0.25) is 0 Å². The Labute approximate surface area is 112 Å². The van der Waals surface area contributed by atoms with E-state index in [0.29, 0.717) is 22.7 Å². The molecule has 0 spiro atoms. The second-order valence-electron chi connectivity index (χ2n) is 3.70. The minimum absolute atomic E-state index is 0.355. The van der Waals surface area contributed by atoms with E-state index in [1.807, 2.05) is 0 Å². The molecule has 1 rings (SSSR count). The third-order valence-electron chi connectivity index (χ3n) is 2.12.